The molecule has 0 aliphatic carbocycles. The van der Waals surface area contributed by atoms with Gasteiger partial charge in [0, 0.05) is 6.04 Å². The zero-order valence-electron chi connectivity index (χ0n) is 12.1. The van der Waals surface area contributed by atoms with Gasteiger partial charge in [-0.3, -0.25) is 0 Å². The summed E-state index contributed by atoms with van der Waals surface area (Å²) in [7, 11) is 0. The van der Waals surface area contributed by atoms with Crippen molar-refractivity contribution in [3.8, 4) is 0 Å². The van der Waals surface area contributed by atoms with Gasteiger partial charge < -0.3 is 9.73 Å². The van der Waals surface area contributed by atoms with Crippen molar-refractivity contribution in [2.75, 3.05) is 0 Å². The third-order valence-electron chi connectivity index (χ3n) is 3.37. The molecule has 1 N–H and O–H groups in total. The van der Waals surface area contributed by atoms with Crippen molar-refractivity contribution in [1.29, 1.82) is 0 Å². The first-order chi connectivity index (χ1) is 9.08. The summed E-state index contributed by atoms with van der Waals surface area (Å²) in [6.45, 7) is 9.02. The number of hydrogen-bond donors (Lipinski definition) is 1. The summed E-state index contributed by atoms with van der Waals surface area (Å²) < 4.78 is 5.61. The molecule has 2 rings (SSSR count). The molecule has 0 aliphatic rings. The van der Waals surface area contributed by atoms with Crippen LogP contribution in [0, 0.1) is 19.8 Å². The van der Waals surface area contributed by atoms with Crippen molar-refractivity contribution in [1.82, 2.24) is 10.3 Å². The Labute approximate surface area is 115 Å². The van der Waals surface area contributed by atoms with Crippen LogP contribution in [0.5, 0.6) is 0 Å². The van der Waals surface area contributed by atoms with Crippen LogP contribution < -0.4 is 5.32 Å². The topological polar surface area (TPSA) is 38.1 Å². The molecular formula is C16H22N2O. The molecule has 1 heterocycles. The number of nitrogens with zero attached hydrogens (tertiary/aromatic N) is 1. The molecule has 0 fully saturated rings. The van der Waals surface area contributed by atoms with Crippen LogP contribution in [-0.4, -0.2) is 4.98 Å². The zero-order valence-corrected chi connectivity index (χ0v) is 12.1. The maximum Gasteiger partial charge on any atom is 0.208 e. The number of aryl methyl sites for hydroxylation is 2. The fraction of sp³-hybridized carbons (Fsp3) is 0.438. The average Bonchev–Trinajstić information content (AvgIpc) is 2.70. The van der Waals surface area contributed by atoms with E-state index in [0.717, 1.165) is 17.3 Å². The number of rotatable bonds is 5. The van der Waals surface area contributed by atoms with Gasteiger partial charge in [0.05, 0.1) is 12.2 Å². The molecule has 0 amide bonds. The minimum absolute atomic E-state index is 0.314. The van der Waals surface area contributed by atoms with Gasteiger partial charge in [0.25, 0.3) is 0 Å². The average molecular weight is 258 g/mol. The molecule has 19 heavy (non-hydrogen) atoms. The Bertz CT molecular complexity index is 497. The molecule has 0 saturated heterocycles. The van der Waals surface area contributed by atoms with E-state index in [4.69, 9.17) is 4.42 Å². The molecule has 0 bridgehead atoms. The Morgan fingerprint density at radius 3 is 2.37 bits per heavy atom. The molecular weight excluding hydrogens is 236 g/mol. The van der Waals surface area contributed by atoms with Gasteiger partial charge in [-0.1, -0.05) is 44.2 Å². The second-order valence-electron chi connectivity index (χ2n) is 5.26. The number of benzene rings is 1. The lowest BCUT2D eigenvalue weighted by molar-refractivity contribution is 0.373. The summed E-state index contributed by atoms with van der Waals surface area (Å²) >= 11 is 0. The normalized spacial score (nSPS) is 12.9. The highest BCUT2D eigenvalue weighted by atomic mass is 16.4. The highest BCUT2D eigenvalue weighted by Gasteiger charge is 2.16. The molecule has 1 unspecified atom stereocenters. The fourth-order valence-electron chi connectivity index (χ4n) is 2.21. The number of aromatic nitrogens is 1. The Balaban J connectivity index is 2.06. The van der Waals surface area contributed by atoms with E-state index in [1.807, 2.05) is 19.9 Å². The summed E-state index contributed by atoms with van der Waals surface area (Å²) in [6, 6.07) is 10.8. The Kier molecular flexibility index (Phi) is 4.38. The monoisotopic (exact) mass is 258 g/mol. The van der Waals surface area contributed by atoms with E-state index in [1.54, 1.807) is 0 Å². The van der Waals surface area contributed by atoms with Gasteiger partial charge >= 0.3 is 0 Å². The van der Waals surface area contributed by atoms with Crippen LogP contribution in [0.2, 0.25) is 0 Å². The minimum atomic E-state index is 0.314. The molecule has 0 radical (unpaired) electrons. The van der Waals surface area contributed by atoms with E-state index >= 15 is 0 Å². The number of nitrogens with one attached hydrogen (secondary N) is 1. The molecule has 102 valence electrons. The predicted octanol–water partition coefficient (Wildman–Crippen LogP) is 3.78. The smallest absolute Gasteiger partial charge is 0.208 e. The van der Waals surface area contributed by atoms with Gasteiger partial charge in [-0.15, -0.1) is 0 Å². The fourth-order valence-corrected chi connectivity index (χ4v) is 2.21. The van der Waals surface area contributed by atoms with E-state index in [0.29, 0.717) is 18.5 Å². The van der Waals surface area contributed by atoms with Crippen molar-refractivity contribution in [2.45, 2.75) is 40.3 Å². The summed E-state index contributed by atoms with van der Waals surface area (Å²) in [6.07, 6.45) is 0. The van der Waals surface area contributed by atoms with Crippen molar-refractivity contribution in [2.24, 2.45) is 5.92 Å². The molecule has 3 heteroatoms. The Morgan fingerprint density at radius 2 is 1.84 bits per heavy atom. The SMILES string of the molecule is Cc1nc(CNC(c2ccccc2)C(C)C)oc1C. The van der Waals surface area contributed by atoms with Crippen LogP contribution in [0.15, 0.2) is 34.7 Å². The molecule has 1 atom stereocenters. The second-order valence-corrected chi connectivity index (χ2v) is 5.26. The molecule has 2 aromatic rings. The Hall–Kier alpha value is -1.61. The van der Waals surface area contributed by atoms with E-state index < -0.39 is 0 Å². The summed E-state index contributed by atoms with van der Waals surface area (Å²) in [5, 5.41) is 3.54. The standard InChI is InChI=1S/C16H22N2O/c1-11(2)16(14-8-6-5-7-9-14)17-10-15-18-12(3)13(4)19-15/h5-9,11,16-17H,10H2,1-4H3. The lowest BCUT2D eigenvalue weighted by Crippen LogP contribution is -2.25. The van der Waals surface area contributed by atoms with E-state index in [-0.39, 0.29) is 0 Å². The van der Waals surface area contributed by atoms with Gasteiger partial charge in [0.1, 0.15) is 5.76 Å². The molecule has 1 aromatic heterocycles. The van der Waals surface area contributed by atoms with Crippen LogP contribution >= 0.6 is 0 Å². The van der Waals surface area contributed by atoms with Crippen LogP contribution in [0.4, 0.5) is 0 Å². The first kappa shape index (κ1) is 13.8. The molecule has 0 saturated carbocycles. The third kappa shape index (κ3) is 3.44. The summed E-state index contributed by atoms with van der Waals surface area (Å²) in [5.41, 5.74) is 2.27. The molecule has 0 spiro atoms. The quantitative estimate of drug-likeness (QED) is 0.887. The van der Waals surface area contributed by atoms with Gasteiger partial charge in [-0.05, 0) is 25.3 Å². The van der Waals surface area contributed by atoms with Crippen molar-refractivity contribution < 1.29 is 4.42 Å². The molecule has 3 nitrogen and oxygen atoms in total. The van der Waals surface area contributed by atoms with Gasteiger partial charge in [-0.25, -0.2) is 4.98 Å². The highest BCUT2D eigenvalue weighted by molar-refractivity contribution is 5.19. The van der Waals surface area contributed by atoms with Crippen molar-refractivity contribution in [3.05, 3.63) is 53.2 Å². The van der Waals surface area contributed by atoms with Gasteiger partial charge in [0.15, 0.2) is 0 Å². The maximum atomic E-state index is 5.61. The number of hydrogen-bond acceptors (Lipinski definition) is 3. The maximum absolute atomic E-state index is 5.61. The predicted molar refractivity (Wildman–Crippen MR) is 76.8 cm³/mol. The largest absolute Gasteiger partial charge is 0.444 e. The summed E-state index contributed by atoms with van der Waals surface area (Å²) in [4.78, 5) is 4.41. The first-order valence-electron chi connectivity index (χ1n) is 6.79. The van der Waals surface area contributed by atoms with Crippen molar-refractivity contribution >= 4 is 0 Å². The lowest BCUT2D eigenvalue weighted by atomic mass is 9.96. The van der Waals surface area contributed by atoms with Crippen LogP contribution in [0.1, 0.15) is 42.8 Å². The lowest BCUT2D eigenvalue weighted by Gasteiger charge is -2.22. The number of oxazole rings is 1. The van der Waals surface area contributed by atoms with E-state index in [9.17, 15) is 0 Å². The third-order valence-corrected chi connectivity index (χ3v) is 3.37. The molecule has 1 aromatic carbocycles. The summed E-state index contributed by atoms with van der Waals surface area (Å²) in [5.74, 6) is 2.17. The van der Waals surface area contributed by atoms with Crippen LogP contribution in [-0.2, 0) is 6.54 Å². The first-order valence-corrected chi connectivity index (χ1v) is 6.79. The van der Waals surface area contributed by atoms with E-state index in [2.05, 4.69) is 48.4 Å². The van der Waals surface area contributed by atoms with Crippen LogP contribution in [0.25, 0.3) is 0 Å². The Morgan fingerprint density at radius 1 is 1.16 bits per heavy atom. The van der Waals surface area contributed by atoms with Gasteiger partial charge in [-0.2, -0.15) is 0 Å². The second kappa shape index (κ2) is 6.02. The zero-order chi connectivity index (χ0) is 13.8. The molecule has 0 aliphatic heterocycles. The van der Waals surface area contributed by atoms with Crippen LogP contribution in [0.3, 0.4) is 0 Å². The van der Waals surface area contributed by atoms with Gasteiger partial charge in [0.2, 0.25) is 5.89 Å². The van der Waals surface area contributed by atoms with E-state index in [1.165, 1.54) is 5.56 Å². The van der Waals surface area contributed by atoms with Crippen molar-refractivity contribution in [3.63, 3.8) is 0 Å². The highest BCUT2D eigenvalue weighted by Crippen LogP contribution is 2.22. The minimum Gasteiger partial charge on any atom is -0.444 e.